The zero-order chi connectivity index (χ0) is 16.7. The third-order valence-electron chi connectivity index (χ3n) is 2.83. The summed E-state index contributed by atoms with van der Waals surface area (Å²) in [6.45, 7) is 3.17. The minimum absolute atomic E-state index is 0.0732. The van der Waals surface area contributed by atoms with Crippen molar-refractivity contribution < 1.29 is 14.3 Å². The van der Waals surface area contributed by atoms with E-state index in [-0.39, 0.29) is 18.0 Å². The van der Waals surface area contributed by atoms with Crippen molar-refractivity contribution in [3.63, 3.8) is 0 Å². The van der Waals surface area contributed by atoms with Gasteiger partial charge in [-0.2, -0.15) is 0 Å². The molecule has 0 aliphatic heterocycles. The lowest BCUT2D eigenvalue weighted by molar-refractivity contribution is -0.139. The van der Waals surface area contributed by atoms with Crippen molar-refractivity contribution in [1.82, 2.24) is 15.0 Å². The fraction of sp³-hybridized carbons (Fsp3) is 0.188. The Hall–Kier alpha value is -3.09. The van der Waals surface area contributed by atoms with Gasteiger partial charge in [0.1, 0.15) is 11.4 Å². The predicted molar refractivity (Wildman–Crippen MR) is 84.3 cm³/mol. The van der Waals surface area contributed by atoms with Crippen LogP contribution in [-0.4, -0.2) is 33.3 Å². The minimum atomic E-state index is -0.670. The molecule has 0 saturated heterocycles. The van der Waals surface area contributed by atoms with Gasteiger partial charge in [0.2, 0.25) is 0 Å². The van der Waals surface area contributed by atoms with E-state index < -0.39 is 5.97 Å². The lowest BCUT2D eigenvalue weighted by Gasteiger charge is -2.06. The van der Waals surface area contributed by atoms with Crippen molar-refractivity contribution in [3.8, 4) is 11.4 Å². The highest BCUT2D eigenvalue weighted by Crippen LogP contribution is 2.15. The number of ketones is 1. The summed E-state index contributed by atoms with van der Waals surface area (Å²) in [5, 5.41) is 2.83. The maximum atomic E-state index is 11.7. The molecule has 0 radical (unpaired) electrons. The maximum absolute atomic E-state index is 11.7. The number of hydrogen-bond acceptors (Lipinski definition) is 7. The molecule has 2 aromatic rings. The fourth-order valence-electron chi connectivity index (χ4n) is 1.74. The summed E-state index contributed by atoms with van der Waals surface area (Å²) < 4.78 is 4.84. The second kappa shape index (κ2) is 7.79. The van der Waals surface area contributed by atoms with E-state index in [4.69, 9.17) is 4.74 Å². The number of hydrogen-bond donors (Lipinski definition) is 1. The molecule has 1 N–H and O–H groups in total. The number of Topliss-reactive ketones (excluding diaryl/α,β-unsaturated/α-hetero) is 1. The molecular formula is C16H16N4O3. The summed E-state index contributed by atoms with van der Waals surface area (Å²) in [6, 6.07) is 5.20. The number of ether oxygens (including phenoxy) is 1. The topological polar surface area (TPSA) is 94.1 Å². The lowest BCUT2D eigenvalue weighted by atomic mass is 10.2. The number of carbonyl (C=O) groups excluding carboxylic acids is 2. The third kappa shape index (κ3) is 4.44. The molecule has 7 nitrogen and oxygen atoms in total. The largest absolute Gasteiger partial charge is 0.462 e. The average molecular weight is 312 g/mol. The van der Waals surface area contributed by atoms with Gasteiger partial charge in [-0.05, 0) is 32.0 Å². The number of aromatic nitrogens is 3. The van der Waals surface area contributed by atoms with E-state index in [0.717, 1.165) is 5.56 Å². The summed E-state index contributed by atoms with van der Waals surface area (Å²) in [7, 11) is 0. The van der Waals surface area contributed by atoms with Crippen LogP contribution >= 0.6 is 0 Å². The molecule has 23 heavy (non-hydrogen) atoms. The molecule has 0 aromatic carbocycles. The molecule has 0 amide bonds. The number of nitrogens with zero attached hydrogens (tertiary/aromatic N) is 3. The number of pyridine rings is 1. The van der Waals surface area contributed by atoms with Gasteiger partial charge in [-0.3, -0.25) is 9.78 Å². The van der Waals surface area contributed by atoms with Gasteiger partial charge in [0.15, 0.2) is 11.6 Å². The van der Waals surface area contributed by atoms with Gasteiger partial charge in [-0.15, -0.1) is 0 Å². The van der Waals surface area contributed by atoms with Crippen LogP contribution in [0, 0.1) is 0 Å². The number of rotatable bonds is 6. The highest BCUT2D eigenvalue weighted by molar-refractivity contribution is 6.16. The minimum Gasteiger partial charge on any atom is -0.462 e. The molecular weight excluding hydrogens is 296 g/mol. The molecule has 118 valence electrons. The van der Waals surface area contributed by atoms with Crippen molar-refractivity contribution in [2.45, 2.75) is 13.8 Å². The number of carbonyl (C=O) groups is 2. The Balaban J connectivity index is 2.21. The van der Waals surface area contributed by atoms with Crippen LogP contribution in [0.2, 0.25) is 0 Å². The normalized spacial score (nSPS) is 11.0. The Bertz CT molecular complexity index is 729. The molecule has 2 aromatic heterocycles. The van der Waals surface area contributed by atoms with E-state index in [9.17, 15) is 9.59 Å². The van der Waals surface area contributed by atoms with Crippen LogP contribution in [0.1, 0.15) is 13.8 Å². The van der Waals surface area contributed by atoms with Crippen LogP contribution in [0.5, 0.6) is 0 Å². The molecule has 7 heteroatoms. The van der Waals surface area contributed by atoms with Crippen molar-refractivity contribution >= 4 is 17.6 Å². The smallest absolute Gasteiger partial charge is 0.343 e. The molecule has 2 rings (SSSR count). The van der Waals surface area contributed by atoms with Crippen LogP contribution in [0.4, 0.5) is 5.82 Å². The molecule has 2 heterocycles. The van der Waals surface area contributed by atoms with Gasteiger partial charge in [0.05, 0.1) is 6.61 Å². The standard InChI is InChI=1S/C16H16N4O3/c1-3-23-16(22)13(11(2)21)10-19-14-6-9-18-15(20-14)12-4-7-17-8-5-12/h4-10H,3H2,1-2H3,(H,18,19,20). The Morgan fingerprint density at radius 1 is 1.22 bits per heavy atom. The summed E-state index contributed by atoms with van der Waals surface area (Å²) in [5.74, 6) is -0.101. The molecule has 0 saturated carbocycles. The first kappa shape index (κ1) is 16.3. The molecule has 0 aliphatic rings. The Morgan fingerprint density at radius 3 is 2.61 bits per heavy atom. The first-order valence-electron chi connectivity index (χ1n) is 7.00. The van der Waals surface area contributed by atoms with E-state index in [2.05, 4.69) is 20.3 Å². The first-order chi connectivity index (χ1) is 11.1. The van der Waals surface area contributed by atoms with E-state index in [1.807, 2.05) is 0 Å². The van der Waals surface area contributed by atoms with Crippen molar-refractivity contribution in [2.24, 2.45) is 0 Å². The first-order valence-corrected chi connectivity index (χ1v) is 7.00. The van der Waals surface area contributed by atoms with Gasteiger partial charge in [0.25, 0.3) is 0 Å². The summed E-state index contributed by atoms with van der Waals surface area (Å²) in [4.78, 5) is 35.7. The second-order valence-electron chi connectivity index (χ2n) is 4.48. The molecule has 0 aliphatic carbocycles. The van der Waals surface area contributed by atoms with Crippen LogP contribution in [0.3, 0.4) is 0 Å². The zero-order valence-corrected chi connectivity index (χ0v) is 12.8. The summed E-state index contributed by atoms with van der Waals surface area (Å²) in [6.07, 6.45) is 6.16. The number of anilines is 1. The predicted octanol–water partition coefficient (Wildman–Crippen LogP) is 1.99. The van der Waals surface area contributed by atoms with E-state index in [1.54, 1.807) is 43.7 Å². The zero-order valence-electron chi connectivity index (χ0n) is 12.8. The molecule has 0 spiro atoms. The van der Waals surface area contributed by atoms with Gasteiger partial charge in [0, 0.05) is 30.4 Å². The van der Waals surface area contributed by atoms with Crippen LogP contribution in [-0.2, 0) is 14.3 Å². The van der Waals surface area contributed by atoms with Crippen LogP contribution in [0.25, 0.3) is 11.4 Å². The quantitative estimate of drug-likeness (QED) is 0.377. The SMILES string of the molecule is CCOC(=O)C(=CNc1ccnc(-c2ccncc2)n1)C(C)=O. The monoisotopic (exact) mass is 312 g/mol. The van der Waals surface area contributed by atoms with Gasteiger partial charge < -0.3 is 10.1 Å². The number of esters is 1. The lowest BCUT2D eigenvalue weighted by Crippen LogP contribution is -2.15. The van der Waals surface area contributed by atoms with Crippen molar-refractivity contribution in [1.29, 1.82) is 0 Å². The number of nitrogens with one attached hydrogen (secondary N) is 1. The third-order valence-corrected chi connectivity index (χ3v) is 2.83. The molecule has 0 bridgehead atoms. The Kier molecular flexibility index (Phi) is 5.51. The van der Waals surface area contributed by atoms with E-state index in [0.29, 0.717) is 11.6 Å². The van der Waals surface area contributed by atoms with Crippen molar-refractivity contribution in [2.75, 3.05) is 11.9 Å². The van der Waals surface area contributed by atoms with Gasteiger partial charge in [-0.1, -0.05) is 0 Å². The Labute approximate surface area is 133 Å². The van der Waals surface area contributed by atoms with E-state index >= 15 is 0 Å². The summed E-state index contributed by atoms with van der Waals surface area (Å²) >= 11 is 0. The second-order valence-corrected chi connectivity index (χ2v) is 4.48. The molecule has 0 unspecified atom stereocenters. The highest BCUT2D eigenvalue weighted by atomic mass is 16.5. The summed E-state index contributed by atoms with van der Waals surface area (Å²) in [5.41, 5.74) is 0.737. The van der Waals surface area contributed by atoms with E-state index in [1.165, 1.54) is 13.1 Å². The van der Waals surface area contributed by atoms with Crippen LogP contribution in [0.15, 0.2) is 48.6 Å². The highest BCUT2D eigenvalue weighted by Gasteiger charge is 2.15. The Morgan fingerprint density at radius 2 is 1.96 bits per heavy atom. The van der Waals surface area contributed by atoms with Crippen molar-refractivity contribution in [3.05, 3.63) is 48.6 Å². The maximum Gasteiger partial charge on any atom is 0.343 e. The average Bonchev–Trinajstić information content (AvgIpc) is 2.56. The molecule has 0 atom stereocenters. The molecule has 0 fully saturated rings. The van der Waals surface area contributed by atoms with Crippen LogP contribution < -0.4 is 5.32 Å². The van der Waals surface area contributed by atoms with Gasteiger partial charge >= 0.3 is 5.97 Å². The van der Waals surface area contributed by atoms with Gasteiger partial charge in [-0.25, -0.2) is 14.8 Å². The fourth-order valence-corrected chi connectivity index (χ4v) is 1.74.